The molecule has 1 aliphatic rings. The van der Waals surface area contributed by atoms with Crippen molar-refractivity contribution >= 4 is 17.5 Å². The number of nitrogens with zero attached hydrogens (tertiary/aromatic N) is 4. The monoisotopic (exact) mass is 353 g/mol. The van der Waals surface area contributed by atoms with E-state index in [0.29, 0.717) is 11.6 Å². The molecule has 1 N–H and O–H groups in total. The van der Waals surface area contributed by atoms with Crippen LogP contribution < -0.4 is 5.32 Å². The third-order valence-corrected chi connectivity index (χ3v) is 4.67. The summed E-state index contributed by atoms with van der Waals surface area (Å²) in [6.45, 7) is 9.81. The summed E-state index contributed by atoms with van der Waals surface area (Å²) < 4.78 is 0. The van der Waals surface area contributed by atoms with Gasteiger partial charge in [-0.05, 0) is 36.2 Å². The van der Waals surface area contributed by atoms with Gasteiger partial charge in [-0.1, -0.05) is 32.9 Å². The zero-order valence-corrected chi connectivity index (χ0v) is 16.0. The molecule has 1 saturated heterocycles. The van der Waals surface area contributed by atoms with Crippen LogP contribution in [0.5, 0.6) is 0 Å². The minimum absolute atomic E-state index is 0.0355. The van der Waals surface area contributed by atoms with Crippen molar-refractivity contribution in [1.82, 2.24) is 19.8 Å². The third kappa shape index (κ3) is 4.38. The van der Waals surface area contributed by atoms with Crippen molar-refractivity contribution < 1.29 is 4.79 Å². The van der Waals surface area contributed by atoms with E-state index in [4.69, 9.17) is 0 Å². The summed E-state index contributed by atoms with van der Waals surface area (Å²) in [7, 11) is 2.07. The summed E-state index contributed by atoms with van der Waals surface area (Å²) in [6, 6.07) is 9.90. The molecule has 2 heterocycles. The van der Waals surface area contributed by atoms with E-state index in [9.17, 15) is 4.79 Å². The van der Waals surface area contributed by atoms with Gasteiger partial charge in [-0.2, -0.15) is 0 Å². The van der Waals surface area contributed by atoms with Crippen LogP contribution in [-0.2, 0) is 5.41 Å². The minimum Gasteiger partial charge on any atom is -0.335 e. The van der Waals surface area contributed by atoms with Crippen LogP contribution in [0.15, 0.2) is 36.5 Å². The number of benzene rings is 1. The van der Waals surface area contributed by atoms with Crippen LogP contribution in [0, 0.1) is 0 Å². The highest BCUT2D eigenvalue weighted by Gasteiger charge is 2.21. The Morgan fingerprint density at radius 3 is 2.31 bits per heavy atom. The van der Waals surface area contributed by atoms with Crippen LogP contribution >= 0.6 is 0 Å². The molecule has 6 nitrogen and oxygen atoms in total. The highest BCUT2D eigenvalue weighted by Crippen LogP contribution is 2.24. The Kier molecular flexibility index (Phi) is 5.23. The molecule has 6 heteroatoms. The normalized spacial score (nSPS) is 15.8. The molecule has 0 spiro atoms. The highest BCUT2D eigenvalue weighted by molar-refractivity contribution is 5.92. The summed E-state index contributed by atoms with van der Waals surface area (Å²) in [5, 5.41) is 3.19. The fraction of sp³-hybridized carbons (Fsp3) is 0.450. The lowest BCUT2D eigenvalue weighted by atomic mass is 9.87. The maximum Gasteiger partial charge on any atom is 0.272 e. The maximum atomic E-state index is 12.7. The number of rotatable bonds is 3. The maximum absolute atomic E-state index is 12.7. The van der Waals surface area contributed by atoms with Gasteiger partial charge < -0.3 is 15.1 Å². The molecule has 3 rings (SSSR count). The van der Waals surface area contributed by atoms with E-state index in [2.05, 4.69) is 60.1 Å². The number of aromatic nitrogens is 2. The smallest absolute Gasteiger partial charge is 0.272 e. The van der Waals surface area contributed by atoms with Crippen LogP contribution in [0.25, 0.3) is 0 Å². The molecular weight excluding hydrogens is 326 g/mol. The SMILES string of the molecule is CN1CCN(C(=O)c2ccnc(Nc3ccc(C(C)(C)C)cc3)n2)CC1. The van der Waals surface area contributed by atoms with Crippen molar-refractivity contribution in [2.24, 2.45) is 0 Å². The molecule has 0 bridgehead atoms. The molecule has 26 heavy (non-hydrogen) atoms. The molecular formula is C20H27N5O. The van der Waals surface area contributed by atoms with Crippen molar-refractivity contribution in [3.63, 3.8) is 0 Å². The first kappa shape index (κ1) is 18.3. The van der Waals surface area contributed by atoms with E-state index in [0.717, 1.165) is 31.9 Å². The van der Waals surface area contributed by atoms with E-state index in [1.165, 1.54) is 5.56 Å². The van der Waals surface area contributed by atoms with Gasteiger partial charge in [0.25, 0.3) is 5.91 Å². The van der Waals surface area contributed by atoms with Crippen molar-refractivity contribution in [1.29, 1.82) is 0 Å². The molecule has 0 unspecified atom stereocenters. The number of hydrogen-bond acceptors (Lipinski definition) is 5. The lowest BCUT2D eigenvalue weighted by molar-refractivity contribution is 0.0658. The summed E-state index contributed by atoms with van der Waals surface area (Å²) in [5.74, 6) is 0.403. The molecule has 1 amide bonds. The van der Waals surface area contributed by atoms with Crippen molar-refractivity contribution in [3.05, 3.63) is 47.8 Å². The number of piperazine rings is 1. The average molecular weight is 353 g/mol. The standard InChI is InChI=1S/C20H27N5O/c1-20(2,3)15-5-7-16(8-6-15)22-19-21-10-9-17(23-19)18(26)25-13-11-24(4)12-14-25/h5-10H,11-14H2,1-4H3,(H,21,22,23). The fourth-order valence-corrected chi connectivity index (χ4v) is 2.89. The first-order valence-electron chi connectivity index (χ1n) is 9.01. The Hall–Kier alpha value is -2.47. The number of anilines is 2. The van der Waals surface area contributed by atoms with Crippen LogP contribution in [-0.4, -0.2) is 58.9 Å². The number of carbonyl (C=O) groups is 1. The summed E-state index contributed by atoms with van der Waals surface area (Å²) in [5.41, 5.74) is 2.72. The van der Waals surface area contributed by atoms with E-state index in [-0.39, 0.29) is 11.3 Å². The molecule has 1 fully saturated rings. The van der Waals surface area contributed by atoms with Gasteiger partial charge in [0.2, 0.25) is 5.95 Å². The highest BCUT2D eigenvalue weighted by atomic mass is 16.2. The van der Waals surface area contributed by atoms with E-state index in [1.54, 1.807) is 12.3 Å². The summed E-state index contributed by atoms with van der Waals surface area (Å²) in [4.78, 5) is 25.4. The Balaban J connectivity index is 1.70. The van der Waals surface area contributed by atoms with Gasteiger partial charge in [0.05, 0.1) is 0 Å². The van der Waals surface area contributed by atoms with Crippen LogP contribution in [0.2, 0.25) is 0 Å². The van der Waals surface area contributed by atoms with Gasteiger partial charge in [-0.3, -0.25) is 4.79 Å². The van der Waals surface area contributed by atoms with Crippen molar-refractivity contribution in [2.75, 3.05) is 38.5 Å². The largest absolute Gasteiger partial charge is 0.335 e. The second-order valence-electron chi connectivity index (χ2n) is 7.81. The molecule has 0 radical (unpaired) electrons. The fourth-order valence-electron chi connectivity index (χ4n) is 2.89. The molecule has 138 valence electrons. The molecule has 2 aromatic rings. The molecule has 0 aliphatic carbocycles. The predicted molar refractivity (Wildman–Crippen MR) is 104 cm³/mol. The minimum atomic E-state index is -0.0355. The Bertz CT molecular complexity index is 759. The van der Waals surface area contributed by atoms with Gasteiger partial charge in [0.1, 0.15) is 5.69 Å². The lowest BCUT2D eigenvalue weighted by Crippen LogP contribution is -2.47. The molecule has 1 aromatic heterocycles. The zero-order chi connectivity index (χ0) is 18.7. The van der Waals surface area contributed by atoms with E-state index in [1.807, 2.05) is 17.0 Å². The third-order valence-electron chi connectivity index (χ3n) is 4.67. The van der Waals surface area contributed by atoms with Gasteiger partial charge in [0.15, 0.2) is 0 Å². The average Bonchev–Trinajstić information content (AvgIpc) is 2.62. The Labute approximate surface area is 155 Å². The molecule has 1 aromatic carbocycles. The Morgan fingerprint density at radius 1 is 1.04 bits per heavy atom. The molecule has 0 atom stereocenters. The number of amides is 1. The lowest BCUT2D eigenvalue weighted by Gasteiger charge is -2.32. The van der Waals surface area contributed by atoms with Gasteiger partial charge >= 0.3 is 0 Å². The topological polar surface area (TPSA) is 61.4 Å². The summed E-state index contributed by atoms with van der Waals surface area (Å²) in [6.07, 6.45) is 1.63. The van der Waals surface area contributed by atoms with Crippen molar-refractivity contribution in [2.45, 2.75) is 26.2 Å². The van der Waals surface area contributed by atoms with Crippen LogP contribution in [0.4, 0.5) is 11.6 Å². The van der Waals surface area contributed by atoms with Gasteiger partial charge in [-0.25, -0.2) is 9.97 Å². The second-order valence-corrected chi connectivity index (χ2v) is 7.81. The van der Waals surface area contributed by atoms with Crippen molar-refractivity contribution in [3.8, 4) is 0 Å². The van der Waals surface area contributed by atoms with E-state index >= 15 is 0 Å². The molecule has 1 aliphatic heterocycles. The number of hydrogen-bond donors (Lipinski definition) is 1. The summed E-state index contributed by atoms with van der Waals surface area (Å²) >= 11 is 0. The van der Waals surface area contributed by atoms with Gasteiger partial charge in [-0.15, -0.1) is 0 Å². The zero-order valence-electron chi connectivity index (χ0n) is 16.0. The number of likely N-dealkylation sites (N-methyl/N-ethyl adjacent to an activating group) is 1. The quantitative estimate of drug-likeness (QED) is 0.919. The Morgan fingerprint density at radius 2 is 1.69 bits per heavy atom. The van der Waals surface area contributed by atoms with E-state index < -0.39 is 0 Å². The second kappa shape index (κ2) is 7.41. The molecule has 0 saturated carbocycles. The first-order chi connectivity index (χ1) is 12.3. The van der Waals surface area contributed by atoms with Crippen LogP contribution in [0.1, 0.15) is 36.8 Å². The van der Waals surface area contributed by atoms with Gasteiger partial charge in [0, 0.05) is 38.1 Å². The number of nitrogens with one attached hydrogen (secondary N) is 1. The predicted octanol–water partition coefficient (Wildman–Crippen LogP) is 2.91. The first-order valence-corrected chi connectivity index (χ1v) is 9.01. The van der Waals surface area contributed by atoms with Crippen LogP contribution in [0.3, 0.4) is 0 Å². The number of carbonyl (C=O) groups excluding carboxylic acids is 1.